The molecule has 40 heavy (non-hydrogen) atoms. The summed E-state index contributed by atoms with van der Waals surface area (Å²) < 4.78 is 0. The Kier molecular flexibility index (Phi) is 5.14. The van der Waals surface area contributed by atoms with E-state index >= 15 is 0 Å². The second-order valence-corrected chi connectivity index (χ2v) is 12.8. The van der Waals surface area contributed by atoms with Gasteiger partial charge in [0.05, 0.1) is 9.75 Å². The fourth-order valence-electron chi connectivity index (χ4n) is 6.79. The number of benzene rings is 2. The van der Waals surface area contributed by atoms with Crippen LogP contribution >= 0.6 is 22.7 Å². The Hall–Kier alpha value is -3.85. The average molecular weight is 563 g/mol. The van der Waals surface area contributed by atoms with Crippen LogP contribution in [0.15, 0.2) is 80.2 Å². The number of aliphatic hydroxyl groups is 1. The SMILES string of the molecule is O=C1/C(=N\c2cc3c(s2)-c2sc(N=c4c(=O)c5ccccc5c4=O)cc2C32CCCCC2)C(O)c2ccccc21. The Morgan fingerprint density at radius 1 is 0.750 bits per heavy atom. The van der Waals surface area contributed by atoms with Gasteiger partial charge in [0.1, 0.15) is 21.8 Å². The van der Waals surface area contributed by atoms with Crippen LogP contribution in [-0.2, 0) is 5.41 Å². The fourth-order valence-corrected chi connectivity index (χ4v) is 9.22. The molecule has 8 heteroatoms. The molecule has 1 saturated carbocycles. The standard InChI is InChI=1S/C32H22N2O4S2/c35-26-16-8-2-3-9-17(16)27(36)24(26)33-22-14-20-30(39-22)31-21(32(20)12-6-1-7-13-32)15-23(40-31)34-25-28(37)18-10-4-5-11-19(18)29(25)38/h2-5,8-11,14-15,26,35H,1,6-7,12-13H2/b33-24-. The van der Waals surface area contributed by atoms with E-state index in [9.17, 15) is 19.5 Å². The van der Waals surface area contributed by atoms with E-state index in [1.54, 1.807) is 42.5 Å². The first kappa shape index (κ1) is 24.0. The maximum Gasteiger partial charge on any atom is 0.216 e. The normalized spacial score (nSPS) is 19.9. The number of thiophene rings is 2. The van der Waals surface area contributed by atoms with Crippen LogP contribution in [0.3, 0.4) is 0 Å². The lowest BCUT2D eigenvalue weighted by Crippen LogP contribution is -2.31. The number of fused-ring (bicyclic) bond motifs is 7. The van der Waals surface area contributed by atoms with E-state index < -0.39 is 6.10 Å². The lowest BCUT2D eigenvalue weighted by molar-refractivity contribution is 0.106. The first-order valence-corrected chi connectivity index (χ1v) is 15.1. The molecule has 1 spiro atoms. The second-order valence-electron chi connectivity index (χ2n) is 10.8. The van der Waals surface area contributed by atoms with Gasteiger partial charge in [0.15, 0.2) is 5.36 Å². The first-order valence-electron chi connectivity index (χ1n) is 13.4. The van der Waals surface area contributed by atoms with Crippen LogP contribution in [0.25, 0.3) is 20.5 Å². The zero-order valence-corrected chi connectivity index (χ0v) is 22.9. The summed E-state index contributed by atoms with van der Waals surface area (Å²) in [5, 5.41) is 13.0. The summed E-state index contributed by atoms with van der Waals surface area (Å²) in [4.78, 5) is 50.5. The predicted molar refractivity (Wildman–Crippen MR) is 158 cm³/mol. The van der Waals surface area contributed by atoms with Crippen molar-refractivity contribution in [1.82, 2.24) is 0 Å². The van der Waals surface area contributed by atoms with Gasteiger partial charge in [-0.2, -0.15) is 0 Å². The van der Waals surface area contributed by atoms with Gasteiger partial charge in [-0.25, -0.2) is 9.98 Å². The average Bonchev–Trinajstić information content (AvgIpc) is 3.75. The van der Waals surface area contributed by atoms with Crippen molar-refractivity contribution in [2.45, 2.75) is 43.6 Å². The number of aliphatic hydroxyl groups excluding tert-OH is 1. The molecule has 2 heterocycles. The maximum atomic E-state index is 13.0. The van der Waals surface area contributed by atoms with Gasteiger partial charge in [-0.05, 0) is 41.7 Å². The van der Waals surface area contributed by atoms with Crippen LogP contribution in [-0.4, -0.2) is 16.6 Å². The minimum Gasteiger partial charge on any atom is -0.382 e. The van der Waals surface area contributed by atoms with Crippen LogP contribution in [0.5, 0.6) is 0 Å². The third kappa shape index (κ3) is 3.21. The highest BCUT2D eigenvalue weighted by Gasteiger charge is 2.47. The number of hydrogen-bond donors (Lipinski definition) is 1. The van der Waals surface area contributed by atoms with Gasteiger partial charge >= 0.3 is 0 Å². The number of carbonyl (C=O) groups is 1. The molecule has 3 aliphatic rings. The minimum absolute atomic E-state index is 0.0226. The first-order chi connectivity index (χ1) is 19.5. The lowest BCUT2D eigenvalue weighted by Gasteiger charge is -2.34. The van der Waals surface area contributed by atoms with E-state index in [4.69, 9.17) is 4.99 Å². The highest BCUT2D eigenvalue weighted by atomic mass is 32.1. The summed E-state index contributed by atoms with van der Waals surface area (Å²) in [7, 11) is 0. The summed E-state index contributed by atoms with van der Waals surface area (Å²) in [5.41, 5.74) is 2.91. The summed E-state index contributed by atoms with van der Waals surface area (Å²) in [6.07, 6.45) is 4.37. The van der Waals surface area contributed by atoms with E-state index in [1.807, 2.05) is 6.07 Å². The molecule has 1 N–H and O–H groups in total. The van der Waals surface area contributed by atoms with Gasteiger partial charge in [-0.1, -0.05) is 67.8 Å². The fraction of sp³-hybridized carbons (Fsp3) is 0.219. The van der Waals surface area contributed by atoms with Gasteiger partial charge < -0.3 is 5.11 Å². The van der Waals surface area contributed by atoms with Crippen molar-refractivity contribution in [2.75, 3.05) is 0 Å². The Balaban J connectivity index is 1.27. The number of nitrogens with zero attached hydrogens (tertiary/aromatic N) is 2. The molecular weight excluding hydrogens is 540 g/mol. The van der Waals surface area contributed by atoms with E-state index in [0.717, 1.165) is 35.4 Å². The van der Waals surface area contributed by atoms with Gasteiger partial charge in [-0.15, -0.1) is 22.7 Å². The molecule has 1 fully saturated rings. The molecule has 5 aromatic rings. The molecule has 3 aromatic carbocycles. The van der Waals surface area contributed by atoms with Gasteiger partial charge in [0, 0.05) is 21.8 Å². The third-order valence-corrected chi connectivity index (χ3v) is 10.9. The van der Waals surface area contributed by atoms with Crippen molar-refractivity contribution in [2.24, 2.45) is 9.98 Å². The molecule has 0 radical (unpaired) electrons. The van der Waals surface area contributed by atoms with Crippen molar-refractivity contribution in [3.63, 3.8) is 0 Å². The predicted octanol–water partition coefficient (Wildman–Crippen LogP) is 6.02. The number of hydrogen-bond acceptors (Lipinski definition) is 8. The maximum absolute atomic E-state index is 13.0. The molecular formula is C32H22N2O4S2. The number of Topliss-reactive ketones (excluding diaryl/α,β-unsaturated/α-hetero) is 1. The van der Waals surface area contributed by atoms with Crippen molar-refractivity contribution < 1.29 is 9.90 Å². The number of carbonyl (C=O) groups excluding carboxylic acids is 1. The summed E-state index contributed by atoms with van der Waals surface area (Å²) >= 11 is 3.03. The Morgan fingerprint density at radius 3 is 1.95 bits per heavy atom. The van der Waals surface area contributed by atoms with Crippen LogP contribution in [0.1, 0.15) is 65.3 Å². The Bertz CT molecular complexity index is 2030. The van der Waals surface area contributed by atoms with Crippen molar-refractivity contribution in [3.05, 3.63) is 109 Å². The quantitative estimate of drug-likeness (QED) is 0.284. The van der Waals surface area contributed by atoms with Crippen LogP contribution in [0.4, 0.5) is 10.0 Å². The summed E-state index contributed by atoms with van der Waals surface area (Å²) in [6, 6.07) is 18.1. The third-order valence-electron chi connectivity index (χ3n) is 8.67. The Labute approximate surface area is 236 Å². The number of rotatable bonds is 2. The molecule has 196 valence electrons. The molecule has 0 bridgehead atoms. The van der Waals surface area contributed by atoms with E-state index in [1.165, 1.54) is 40.2 Å². The molecule has 0 amide bonds. The molecule has 1 unspecified atom stereocenters. The molecule has 2 aromatic heterocycles. The van der Waals surface area contributed by atoms with Gasteiger partial charge in [0.25, 0.3) is 0 Å². The summed E-state index contributed by atoms with van der Waals surface area (Å²) in [6.45, 7) is 0. The molecule has 8 rings (SSSR count). The van der Waals surface area contributed by atoms with E-state index in [-0.39, 0.29) is 33.1 Å². The molecule has 3 aliphatic carbocycles. The van der Waals surface area contributed by atoms with Crippen molar-refractivity contribution >= 4 is 54.9 Å². The Morgan fingerprint density at radius 2 is 1.32 bits per heavy atom. The number of aliphatic imine (C=N–C) groups is 1. The highest BCUT2D eigenvalue weighted by Crippen LogP contribution is 2.62. The van der Waals surface area contributed by atoms with Crippen LogP contribution in [0, 0.1) is 0 Å². The zero-order chi connectivity index (χ0) is 27.2. The smallest absolute Gasteiger partial charge is 0.216 e. The molecule has 0 saturated heterocycles. The monoisotopic (exact) mass is 562 g/mol. The highest BCUT2D eigenvalue weighted by molar-refractivity contribution is 7.26. The van der Waals surface area contributed by atoms with Crippen LogP contribution < -0.4 is 16.2 Å². The minimum atomic E-state index is -1.03. The topological polar surface area (TPSA) is 96.2 Å². The lowest BCUT2D eigenvalue weighted by atomic mass is 9.68. The molecule has 6 nitrogen and oxygen atoms in total. The van der Waals surface area contributed by atoms with E-state index in [2.05, 4.69) is 17.1 Å². The second kappa shape index (κ2) is 8.57. The van der Waals surface area contributed by atoms with Crippen molar-refractivity contribution in [3.8, 4) is 9.75 Å². The van der Waals surface area contributed by atoms with Gasteiger partial charge in [0.2, 0.25) is 16.6 Å². The van der Waals surface area contributed by atoms with Gasteiger partial charge in [-0.3, -0.25) is 14.4 Å². The molecule has 0 aliphatic heterocycles. The van der Waals surface area contributed by atoms with Crippen molar-refractivity contribution in [1.29, 1.82) is 0 Å². The molecule has 1 atom stereocenters. The zero-order valence-electron chi connectivity index (χ0n) is 21.3. The van der Waals surface area contributed by atoms with E-state index in [0.29, 0.717) is 31.9 Å². The summed E-state index contributed by atoms with van der Waals surface area (Å²) in [5.74, 6) is -0.231. The largest absolute Gasteiger partial charge is 0.382 e. The van der Waals surface area contributed by atoms with Crippen LogP contribution in [0.2, 0.25) is 0 Å². The number of ketones is 1.